The highest BCUT2D eigenvalue weighted by molar-refractivity contribution is 7.19. The summed E-state index contributed by atoms with van der Waals surface area (Å²) in [5, 5.41) is 10.8. The molecule has 7 heteroatoms. The second-order valence-electron chi connectivity index (χ2n) is 5.79. The Morgan fingerprint density at radius 1 is 1.28 bits per heavy atom. The van der Waals surface area contributed by atoms with E-state index < -0.39 is 0 Å². The number of aromatic amines is 1. The summed E-state index contributed by atoms with van der Waals surface area (Å²) in [5.41, 5.74) is 5.68. The summed E-state index contributed by atoms with van der Waals surface area (Å²) < 4.78 is 0.684. The molecule has 0 atom stereocenters. The Kier molecular flexibility index (Phi) is 5.31. The Morgan fingerprint density at radius 2 is 2.04 bits per heavy atom. The van der Waals surface area contributed by atoms with E-state index in [1.165, 1.54) is 16.9 Å². The number of carbonyl (C=O) groups excluding carboxylic acids is 1. The number of hydrogen-bond donors (Lipinski definition) is 2. The summed E-state index contributed by atoms with van der Waals surface area (Å²) in [7, 11) is 0. The van der Waals surface area contributed by atoms with Crippen molar-refractivity contribution in [2.45, 2.75) is 19.8 Å². The van der Waals surface area contributed by atoms with Crippen LogP contribution in [0.15, 0.2) is 47.6 Å². The SMILES string of the molecule is CC(C)c1ccc(C=NNC(=O)c2cc(-c3ccc(Cl)s3)[nH]n2)cc1. The molecule has 2 aromatic heterocycles. The second-order valence-corrected chi connectivity index (χ2v) is 7.51. The van der Waals surface area contributed by atoms with E-state index in [1.807, 2.05) is 18.2 Å². The molecule has 0 bridgehead atoms. The minimum absolute atomic E-state index is 0.270. The third-order valence-electron chi connectivity index (χ3n) is 3.63. The molecule has 0 fully saturated rings. The van der Waals surface area contributed by atoms with E-state index >= 15 is 0 Å². The molecule has 128 valence electrons. The number of aromatic nitrogens is 2. The van der Waals surface area contributed by atoms with E-state index in [0.29, 0.717) is 10.3 Å². The summed E-state index contributed by atoms with van der Waals surface area (Å²) in [6, 6.07) is 13.4. The first kappa shape index (κ1) is 17.4. The molecule has 5 nitrogen and oxygen atoms in total. The van der Waals surface area contributed by atoms with Crippen LogP contribution in [0.2, 0.25) is 4.34 Å². The van der Waals surface area contributed by atoms with Gasteiger partial charge < -0.3 is 0 Å². The lowest BCUT2D eigenvalue weighted by atomic mass is 10.0. The van der Waals surface area contributed by atoms with Gasteiger partial charge in [-0.15, -0.1) is 11.3 Å². The van der Waals surface area contributed by atoms with Gasteiger partial charge in [0.2, 0.25) is 0 Å². The van der Waals surface area contributed by atoms with Crippen LogP contribution in [0.5, 0.6) is 0 Å². The van der Waals surface area contributed by atoms with E-state index in [2.05, 4.69) is 46.7 Å². The normalized spacial score (nSPS) is 11.4. The summed E-state index contributed by atoms with van der Waals surface area (Å²) in [6.07, 6.45) is 1.61. The lowest BCUT2D eigenvalue weighted by molar-refractivity contribution is 0.0950. The maximum atomic E-state index is 12.1. The number of thiophene rings is 1. The van der Waals surface area contributed by atoms with Crippen molar-refractivity contribution in [1.82, 2.24) is 15.6 Å². The molecule has 0 aliphatic carbocycles. The molecule has 1 aromatic carbocycles. The number of hydrazone groups is 1. The van der Waals surface area contributed by atoms with Crippen LogP contribution in [0.1, 0.15) is 41.4 Å². The number of carbonyl (C=O) groups is 1. The van der Waals surface area contributed by atoms with Gasteiger partial charge in [0.15, 0.2) is 5.69 Å². The van der Waals surface area contributed by atoms with Crippen molar-refractivity contribution in [3.05, 3.63) is 63.6 Å². The lowest BCUT2D eigenvalue weighted by Crippen LogP contribution is -2.18. The topological polar surface area (TPSA) is 70.1 Å². The zero-order valence-electron chi connectivity index (χ0n) is 13.8. The molecule has 0 aliphatic heterocycles. The highest BCUT2D eigenvalue weighted by Gasteiger charge is 2.11. The molecule has 1 amide bonds. The molecule has 0 saturated carbocycles. The Morgan fingerprint density at radius 3 is 2.68 bits per heavy atom. The van der Waals surface area contributed by atoms with Gasteiger partial charge in [-0.05, 0) is 35.2 Å². The van der Waals surface area contributed by atoms with Crippen molar-refractivity contribution in [3.8, 4) is 10.6 Å². The number of hydrogen-bond acceptors (Lipinski definition) is 4. The zero-order valence-corrected chi connectivity index (χ0v) is 15.4. The molecule has 0 aliphatic rings. The zero-order chi connectivity index (χ0) is 17.8. The lowest BCUT2D eigenvalue weighted by Gasteiger charge is -2.04. The van der Waals surface area contributed by atoms with Crippen LogP contribution in [0.3, 0.4) is 0 Å². The van der Waals surface area contributed by atoms with Gasteiger partial charge in [0.1, 0.15) is 0 Å². The summed E-state index contributed by atoms with van der Waals surface area (Å²) in [4.78, 5) is 13.0. The Balaban J connectivity index is 1.61. The van der Waals surface area contributed by atoms with Crippen molar-refractivity contribution in [3.63, 3.8) is 0 Å². The van der Waals surface area contributed by atoms with Gasteiger partial charge in [-0.3, -0.25) is 9.89 Å². The van der Waals surface area contributed by atoms with Crippen molar-refractivity contribution >= 4 is 35.1 Å². The molecule has 25 heavy (non-hydrogen) atoms. The first-order valence-corrected chi connectivity index (χ1v) is 8.97. The van der Waals surface area contributed by atoms with Crippen LogP contribution >= 0.6 is 22.9 Å². The van der Waals surface area contributed by atoms with Crippen molar-refractivity contribution in [2.75, 3.05) is 0 Å². The summed E-state index contributed by atoms with van der Waals surface area (Å²) >= 11 is 7.34. The van der Waals surface area contributed by atoms with Crippen LogP contribution in [0.4, 0.5) is 0 Å². The molecule has 0 saturated heterocycles. The number of rotatable bonds is 5. The molecule has 0 radical (unpaired) electrons. The predicted octanol–water partition coefficient (Wildman–Crippen LogP) is 4.68. The Hall–Kier alpha value is -2.44. The quantitative estimate of drug-likeness (QED) is 0.504. The van der Waals surface area contributed by atoms with Gasteiger partial charge in [0.05, 0.1) is 21.1 Å². The van der Waals surface area contributed by atoms with Gasteiger partial charge in [0.25, 0.3) is 5.91 Å². The van der Waals surface area contributed by atoms with Crippen molar-refractivity contribution in [2.24, 2.45) is 5.10 Å². The number of amides is 1. The molecular weight excluding hydrogens is 356 g/mol. The molecule has 3 rings (SSSR count). The maximum absolute atomic E-state index is 12.1. The van der Waals surface area contributed by atoms with Crippen LogP contribution < -0.4 is 5.43 Å². The van der Waals surface area contributed by atoms with E-state index in [-0.39, 0.29) is 11.6 Å². The average molecular weight is 373 g/mol. The Labute approximate surface area is 154 Å². The van der Waals surface area contributed by atoms with E-state index in [0.717, 1.165) is 16.1 Å². The molecular formula is C18H17ClN4OS. The van der Waals surface area contributed by atoms with Crippen LogP contribution in [0, 0.1) is 0 Å². The standard InChI is InChI=1S/C18H17ClN4OS/c1-11(2)13-5-3-12(4-6-13)10-20-23-18(24)15-9-14(21-22-15)16-7-8-17(19)25-16/h3-11H,1-2H3,(H,21,22)(H,23,24). The van der Waals surface area contributed by atoms with Crippen LogP contribution in [-0.2, 0) is 0 Å². The minimum Gasteiger partial charge on any atom is -0.276 e. The van der Waals surface area contributed by atoms with Crippen LogP contribution in [-0.4, -0.2) is 22.3 Å². The number of nitrogens with zero attached hydrogens (tertiary/aromatic N) is 2. The average Bonchev–Trinajstić information content (AvgIpc) is 3.24. The fourth-order valence-electron chi connectivity index (χ4n) is 2.21. The van der Waals surface area contributed by atoms with Gasteiger partial charge in [-0.25, -0.2) is 5.43 Å². The number of halogens is 1. The minimum atomic E-state index is -0.375. The number of nitrogens with one attached hydrogen (secondary N) is 2. The van der Waals surface area contributed by atoms with E-state index in [9.17, 15) is 4.79 Å². The largest absolute Gasteiger partial charge is 0.291 e. The summed E-state index contributed by atoms with van der Waals surface area (Å²) in [5.74, 6) is 0.109. The fraction of sp³-hybridized carbons (Fsp3) is 0.167. The van der Waals surface area contributed by atoms with Gasteiger partial charge in [-0.1, -0.05) is 49.7 Å². The number of benzene rings is 1. The summed E-state index contributed by atoms with van der Waals surface area (Å²) in [6.45, 7) is 4.29. The third-order valence-corrected chi connectivity index (χ3v) is 4.90. The Bertz CT molecular complexity index is 896. The monoisotopic (exact) mass is 372 g/mol. The van der Waals surface area contributed by atoms with Gasteiger partial charge in [-0.2, -0.15) is 10.2 Å². The smallest absolute Gasteiger partial charge is 0.276 e. The third kappa shape index (κ3) is 4.35. The van der Waals surface area contributed by atoms with Crippen molar-refractivity contribution < 1.29 is 4.79 Å². The highest BCUT2D eigenvalue weighted by Crippen LogP contribution is 2.29. The highest BCUT2D eigenvalue weighted by atomic mass is 35.5. The molecule has 0 spiro atoms. The number of H-pyrrole nitrogens is 1. The molecule has 2 N–H and O–H groups in total. The van der Waals surface area contributed by atoms with Crippen LogP contribution in [0.25, 0.3) is 10.6 Å². The van der Waals surface area contributed by atoms with Crippen molar-refractivity contribution in [1.29, 1.82) is 0 Å². The first-order chi connectivity index (χ1) is 12.0. The predicted molar refractivity (Wildman–Crippen MR) is 103 cm³/mol. The first-order valence-electron chi connectivity index (χ1n) is 7.77. The van der Waals surface area contributed by atoms with Gasteiger partial charge in [0, 0.05) is 0 Å². The molecule has 0 unspecified atom stereocenters. The van der Waals surface area contributed by atoms with E-state index in [4.69, 9.17) is 11.6 Å². The fourth-order valence-corrected chi connectivity index (χ4v) is 3.22. The molecule has 3 aromatic rings. The second kappa shape index (κ2) is 7.63. The van der Waals surface area contributed by atoms with E-state index in [1.54, 1.807) is 18.3 Å². The van der Waals surface area contributed by atoms with Gasteiger partial charge >= 0.3 is 0 Å². The maximum Gasteiger partial charge on any atom is 0.291 e. The molecule has 2 heterocycles.